The predicted octanol–water partition coefficient (Wildman–Crippen LogP) is 1.51. The number of carboxylic acid groups (broad SMARTS) is 1. The molecule has 1 aromatic rings. The van der Waals surface area contributed by atoms with Gasteiger partial charge >= 0.3 is 5.97 Å². The molecule has 1 heterocycles. The zero-order valence-electron chi connectivity index (χ0n) is 9.19. The highest BCUT2D eigenvalue weighted by molar-refractivity contribution is 5.76. The van der Waals surface area contributed by atoms with Crippen molar-refractivity contribution in [2.24, 2.45) is 0 Å². The smallest absolute Gasteiger partial charge is 0.325 e. The van der Waals surface area contributed by atoms with E-state index in [1.54, 1.807) is 12.4 Å². The van der Waals surface area contributed by atoms with Gasteiger partial charge in [-0.15, -0.1) is 0 Å². The van der Waals surface area contributed by atoms with E-state index in [0.29, 0.717) is 0 Å². The van der Waals surface area contributed by atoms with Crippen LogP contribution in [-0.2, 0) is 4.79 Å². The summed E-state index contributed by atoms with van der Waals surface area (Å²) >= 11 is 0. The first-order valence-electron chi connectivity index (χ1n) is 4.91. The van der Waals surface area contributed by atoms with Gasteiger partial charge in [0.05, 0.1) is 0 Å². The molecule has 0 fully saturated rings. The molecule has 15 heavy (non-hydrogen) atoms. The third-order valence-corrected chi connectivity index (χ3v) is 2.14. The summed E-state index contributed by atoms with van der Waals surface area (Å²) in [6, 6.07) is 1.25. The van der Waals surface area contributed by atoms with Crippen molar-refractivity contribution >= 4 is 5.97 Å². The van der Waals surface area contributed by atoms with Crippen LogP contribution in [-0.4, -0.2) is 22.1 Å². The number of pyridine rings is 1. The standard InChI is InChI=1S/C11H16N2O2/c1-7(2)13-10(11(14)15)9-6-12-5-4-8(9)3/h4-7,10,13H,1-3H3,(H,14,15). The largest absolute Gasteiger partial charge is 0.480 e. The van der Waals surface area contributed by atoms with Crippen LogP contribution >= 0.6 is 0 Å². The van der Waals surface area contributed by atoms with Crippen LogP contribution in [0, 0.1) is 6.92 Å². The van der Waals surface area contributed by atoms with E-state index >= 15 is 0 Å². The SMILES string of the molecule is Cc1ccncc1C(NC(C)C)C(=O)O. The molecule has 0 spiro atoms. The first-order valence-corrected chi connectivity index (χ1v) is 4.91. The Kier molecular flexibility index (Phi) is 3.80. The number of aliphatic carboxylic acids is 1. The molecule has 0 bridgehead atoms. The third kappa shape index (κ3) is 3.02. The van der Waals surface area contributed by atoms with Gasteiger partial charge in [-0.3, -0.25) is 15.1 Å². The van der Waals surface area contributed by atoms with Crippen LogP contribution in [0.4, 0.5) is 0 Å². The quantitative estimate of drug-likeness (QED) is 0.787. The van der Waals surface area contributed by atoms with E-state index in [-0.39, 0.29) is 6.04 Å². The number of carbonyl (C=O) groups is 1. The average molecular weight is 208 g/mol. The summed E-state index contributed by atoms with van der Waals surface area (Å²) in [6.07, 6.45) is 3.26. The van der Waals surface area contributed by atoms with Gasteiger partial charge in [0.2, 0.25) is 0 Å². The van der Waals surface area contributed by atoms with Crippen molar-refractivity contribution in [3.63, 3.8) is 0 Å². The zero-order chi connectivity index (χ0) is 11.4. The lowest BCUT2D eigenvalue weighted by Gasteiger charge is -2.18. The highest BCUT2D eigenvalue weighted by Gasteiger charge is 2.21. The molecule has 1 unspecified atom stereocenters. The van der Waals surface area contributed by atoms with Crippen LogP contribution in [0.5, 0.6) is 0 Å². The number of rotatable bonds is 4. The van der Waals surface area contributed by atoms with Gasteiger partial charge in [-0.1, -0.05) is 0 Å². The Hall–Kier alpha value is -1.42. The number of aromatic nitrogens is 1. The molecule has 0 saturated carbocycles. The lowest BCUT2D eigenvalue weighted by atomic mass is 10.0. The van der Waals surface area contributed by atoms with Crippen molar-refractivity contribution in [3.05, 3.63) is 29.6 Å². The summed E-state index contributed by atoms with van der Waals surface area (Å²) in [5.41, 5.74) is 1.66. The molecule has 1 aromatic heterocycles. The minimum atomic E-state index is -0.875. The number of nitrogens with one attached hydrogen (secondary N) is 1. The Morgan fingerprint density at radius 1 is 1.53 bits per heavy atom. The van der Waals surface area contributed by atoms with Crippen molar-refractivity contribution in [2.75, 3.05) is 0 Å². The van der Waals surface area contributed by atoms with E-state index in [1.807, 2.05) is 26.8 Å². The first-order chi connectivity index (χ1) is 7.02. The molecule has 0 amide bonds. The summed E-state index contributed by atoms with van der Waals surface area (Å²) in [5, 5.41) is 12.1. The van der Waals surface area contributed by atoms with E-state index in [0.717, 1.165) is 11.1 Å². The highest BCUT2D eigenvalue weighted by atomic mass is 16.4. The Morgan fingerprint density at radius 3 is 2.67 bits per heavy atom. The molecule has 2 N–H and O–H groups in total. The minimum Gasteiger partial charge on any atom is -0.480 e. The number of carboxylic acids is 1. The number of nitrogens with zero attached hydrogens (tertiary/aromatic N) is 1. The maximum absolute atomic E-state index is 11.1. The summed E-state index contributed by atoms with van der Waals surface area (Å²) in [4.78, 5) is 15.1. The van der Waals surface area contributed by atoms with E-state index in [1.165, 1.54) is 0 Å². The van der Waals surface area contributed by atoms with Crippen molar-refractivity contribution < 1.29 is 9.90 Å². The summed E-state index contributed by atoms with van der Waals surface area (Å²) in [5.74, 6) is -0.875. The van der Waals surface area contributed by atoms with Crippen LogP contribution in [0.1, 0.15) is 31.0 Å². The van der Waals surface area contributed by atoms with Gasteiger partial charge in [-0.05, 0) is 32.4 Å². The van der Waals surface area contributed by atoms with Gasteiger partial charge in [-0.25, -0.2) is 0 Å². The van der Waals surface area contributed by atoms with E-state index in [4.69, 9.17) is 5.11 Å². The molecule has 1 atom stereocenters. The first kappa shape index (κ1) is 11.7. The van der Waals surface area contributed by atoms with Gasteiger partial charge < -0.3 is 5.11 Å². The van der Waals surface area contributed by atoms with Crippen molar-refractivity contribution in [2.45, 2.75) is 32.9 Å². The molecule has 1 rings (SSSR count). The second-order valence-corrected chi connectivity index (χ2v) is 3.82. The molecule has 0 aliphatic rings. The molecule has 0 saturated heterocycles. The van der Waals surface area contributed by atoms with Gasteiger partial charge in [0, 0.05) is 24.0 Å². The fourth-order valence-electron chi connectivity index (χ4n) is 1.41. The Balaban J connectivity index is 2.99. The molecule has 0 aromatic carbocycles. The fraction of sp³-hybridized carbons (Fsp3) is 0.455. The zero-order valence-corrected chi connectivity index (χ0v) is 9.19. The normalized spacial score (nSPS) is 12.8. The maximum atomic E-state index is 11.1. The van der Waals surface area contributed by atoms with Gasteiger partial charge in [-0.2, -0.15) is 0 Å². The Morgan fingerprint density at radius 2 is 2.20 bits per heavy atom. The Bertz CT molecular complexity index is 350. The van der Waals surface area contributed by atoms with Gasteiger partial charge in [0.25, 0.3) is 0 Å². The van der Waals surface area contributed by atoms with E-state index in [2.05, 4.69) is 10.3 Å². The van der Waals surface area contributed by atoms with Crippen molar-refractivity contribution in [1.82, 2.24) is 10.3 Å². The monoisotopic (exact) mass is 208 g/mol. The lowest BCUT2D eigenvalue weighted by Crippen LogP contribution is -2.34. The number of hydrogen-bond donors (Lipinski definition) is 2. The molecular weight excluding hydrogens is 192 g/mol. The maximum Gasteiger partial charge on any atom is 0.325 e. The van der Waals surface area contributed by atoms with Crippen LogP contribution in [0.3, 0.4) is 0 Å². The van der Waals surface area contributed by atoms with Gasteiger partial charge in [0.1, 0.15) is 6.04 Å². The molecule has 0 radical (unpaired) electrons. The van der Waals surface area contributed by atoms with E-state index in [9.17, 15) is 4.79 Å². The average Bonchev–Trinajstić information content (AvgIpc) is 2.15. The second kappa shape index (κ2) is 4.89. The molecule has 82 valence electrons. The van der Waals surface area contributed by atoms with Crippen LogP contribution in [0.25, 0.3) is 0 Å². The summed E-state index contributed by atoms with van der Waals surface area (Å²) in [6.45, 7) is 5.72. The van der Waals surface area contributed by atoms with Crippen molar-refractivity contribution in [1.29, 1.82) is 0 Å². The highest BCUT2D eigenvalue weighted by Crippen LogP contribution is 2.16. The molecule has 0 aliphatic carbocycles. The molecule has 4 heteroatoms. The predicted molar refractivity (Wildman–Crippen MR) is 57.6 cm³/mol. The number of aryl methyl sites for hydroxylation is 1. The summed E-state index contributed by atoms with van der Waals surface area (Å²) in [7, 11) is 0. The fourth-order valence-corrected chi connectivity index (χ4v) is 1.41. The lowest BCUT2D eigenvalue weighted by molar-refractivity contribution is -0.139. The van der Waals surface area contributed by atoms with Crippen LogP contribution in [0.2, 0.25) is 0 Å². The third-order valence-electron chi connectivity index (χ3n) is 2.14. The number of hydrogen-bond acceptors (Lipinski definition) is 3. The van der Waals surface area contributed by atoms with Crippen LogP contribution in [0.15, 0.2) is 18.5 Å². The second-order valence-electron chi connectivity index (χ2n) is 3.82. The summed E-state index contributed by atoms with van der Waals surface area (Å²) < 4.78 is 0. The molecule has 0 aliphatic heterocycles. The molecular formula is C11H16N2O2. The minimum absolute atomic E-state index is 0.116. The van der Waals surface area contributed by atoms with Crippen molar-refractivity contribution in [3.8, 4) is 0 Å². The van der Waals surface area contributed by atoms with E-state index < -0.39 is 12.0 Å². The topological polar surface area (TPSA) is 62.2 Å². The molecule has 4 nitrogen and oxygen atoms in total. The van der Waals surface area contributed by atoms with Gasteiger partial charge in [0.15, 0.2) is 0 Å². The van der Waals surface area contributed by atoms with Crippen LogP contribution < -0.4 is 5.32 Å². The Labute approximate surface area is 89.3 Å².